The van der Waals surface area contributed by atoms with Crippen molar-refractivity contribution >= 4 is 11.8 Å². The third-order valence-corrected chi connectivity index (χ3v) is 2.22. The standard InChI is InChI=1S/C13H13N/c1-2-10-14-11-6-5-8-12-7-3-4-9-13(12)14/h2-9,11H,1,10H2. The third-order valence-electron chi connectivity index (χ3n) is 2.22. The Morgan fingerprint density at radius 1 is 1.21 bits per heavy atom. The highest BCUT2D eigenvalue weighted by Gasteiger charge is 2.06. The molecule has 0 saturated carbocycles. The Labute approximate surface area is 84.7 Å². The Kier molecular flexibility index (Phi) is 2.50. The SMILES string of the molecule is C=CCN1C=CC=Cc2ccccc21. The molecule has 0 radical (unpaired) electrons. The van der Waals surface area contributed by atoms with Gasteiger partial charge in [0.05, 0.1) is 0 Å². The number of benzene rings is 1. The quantitative estimate of drug-likeness (QED) is 0.636. The molecular formula is C13H13N. The minimum atomic E-state index is 0.842. The Balaban J connectivity index is 2.44. The van der Waals surface area contributed by atoms with Crippen LogP contribution in [0.2, 0.25) is 0 Å². The molecule has 0 atom stereocenters. The van der Waals surface area contributed by atoms with E-state index in [9.17, 15) is 0 Å². The highest BCUT2D eigenvalue weighted by Crippen LogP contribution is 2.23. The van der Waals surface area contributed by atoms with Gasteiger partial charge in [-0.05, 0) is 17.7 Å². The summed E-state index contributed by atoms with van der Waals surface area (Å²) < 4.78 is 0. The molecule has 1 heteroatoms. The second-order valence-electron chi connectivity index (χ2n) is 3.20. The minimum absolute atomic E-state index is 0.842. The van der Waals surface area contributed by atoms with Gasteiger partial charge in [-0.1, -0.05) is 36.4 Å². The van der Waals surface area contributed by atoms with E-state index in [4.69, 9.17) is 0 Å². The number of para-hydroxylation sites is 1. The summed E-state index contributed by atoms with van der Waals surface area (Å²) in [5.74, 6) is 0. The molecule has 0 aromatic heterocycles. The molecule has 0 unspecified atom stereocenters. The molecule has 0 aliphatic carbocycles. The first kappa shape index (κ1) is 8.82. The zero-order valence-corrected chi connectivity index (χ0v) is 8.06. The monoisotopic (exact) mass is 183 g/mol. The molecule has 1 nitrogen and oxygen atoms in total. The fourth-order valence-corrected chi connectivity index (χ4v) is 1.58. The van der Waals surface area contributed by atoms with E-state index in [1.807, 2.05) is 12.2 Å². The van der Waals surface area contributed by atoms with Gasteiger partial charge in [-0.15, -0.1) is 6.58 Å². The molecule has 1 aliphatic rings. The van der Waals surface area contributed by atoms with Crippen molar-refractivity contribution in [3.63, 3.8) is 0 Å². The maximum atomic E-state index is 3.76. The average Bonchev–Trinajstić information content (AvgIpc) is 2.42. The van der Waals surface area contributed by atoms with Crippen molar-refractivity contribution in [2.24, 2.45) is 0 Å². The summed E-state index contributed by atoms with van der Waals surface area (Å²) in [5, 5.41) is 0. The van der Waals surface area contributed by atoms with Crippen molar-refractivity contribution in [1.82, 2.24) is 0 Å². The van der Waals surface area contributed by atoms with Crippen LogP contribution < -0.4 is 4.90 Å². The number of fused-ring (bicyclic) bond motifs is 1. The van der Waals surface area contributed by atoms with Crippen LogP contribution in [0.5, 0.6) is 0 Å². The summed E-state index contributed by atoms with van der Waals surface area (Å²) in [5.41, 5.74) is 2.48. The summed E-state index contributed by atoms with van der Waals surface area (Å²) in [4.78, 5) is 2.18. The largest absolute Gasteiger partial charge is 0.344 e. The van der Waals surface area contributed by atoms with Crippen LogP contribution in [0.4, 0.5) is 5.69 Å². The molecule has 0 N–H and O–H groups in total. The minimum Gasteiger partial charge on any atom is -0.344 e. The summed E-state index contributed by atoms with van der Waals surface area (Å²) >= 11 is 0. The molecule has 1 aromatic rings. The van der Waals surface area contributed by atoms with Gasteiger partial charge >= 0.3 is 0 Å². The normalized spacial score (nSPS) is 13.6. The lowest BCUT2D eigenvalue weighted by Crippen LogP contribution is -2.15. The van der Waals surface area contributed by atoms with Crippen LogP contribution in [-0.2, 0) is 0 Å². The van der Waals surface area contributed by atoms with Crippen molar-refractivity contribution in [3.05, 3.63) is 60.8 Å². The number of hydrogen-bond donors (Lipinski definition) is 0. The highest BCUT2D eigenvalue weighted by molar-refractivity contribution is 5.71. The number of rotatable bonds is 2. The molecule has 0 amide bonds. The number of nitrogens with zero attached hydrogens (tertiary/aromatic N) is 1. The van der Waals surface area contributed by atoms with Gasteiger partial charge in [0.15, 0.2) is 0 Å². The van der Waals surface area contributed by atoms with Gasteiger partial charge in [0, 0.05) is 18.4 Å². The Hall–Kier alpha value is -1.76. The molecule has 0 bridgehead atoms. The molecule has 1 heterocycles. The Morgan fingerprint density at radius 2 is 2.07 bits per heavy atom. The van der Waals surface area contributed by atoms with Gasteiger partial charge in [-0.3, -0.25) is 0 Å². The second-order valence-corrected chi connectivity index (χ2v) is 3.20. The predicted molar refractivity (Wildman–Crippen MR) is 62.2 cm³/mol. The maximum absolute atomic E-state index is 3.76. The molecule has 1 aliphatic heterocycles. The van der Waals surface area contributed by atoms with Crippen molar-refractivity contribution in [3.8, 4) is 0 Å². The van der Waals surface area contributed by atoms with Crippen LogP contribution in [0.15, 0.2) is 55.3 Å². The molecule has 0 spiro atoms. The molecule has 1 aromatic carbocycles. The zero-order valence-electron chi connectivity index (χ0n) is 8.06. The lowest BCUT2D eigenvalue weighted by Gasteiger charge is -2.19. The van der Waals surface area contributed by atoms with E-state index in [-0.39, 0.29) is 0 Å². The van der Waals surface area contributed by atoms with Gasteiger partial charge in [-0.2, -0.15) is 0 Å². The van der Waals surface area contributed by atoms with E-state index in [0.717, 1.165) is 6.54 Å². The van der Waals surface area contributed by atoms with E-state index >= 15 is 0 Å². The van der Waals surface area contributed by atoms with Gasteiger partial charge in [0.1, 0.15) is 0 Å². The highest BCUT2D eigenvalue weighted by atomic mass is 15.1. The smallest absolute Gasteiger partial charge is 0.0482 e. The first-order chi connectivity index (χ1) is 6.92. The second kappa shape index (κ2) is 3.97. The number of allylic oxidation sites excluding steroid dienone is 2. The fraction of sp³-hybridized carbons (Fsp3) is 0.0769. The van der Waals surface area contributed by atoms with Crippen molar-refractivity contribution < 1.29 is 0 Å². The van der Waals surface area contributed by atoms with E-state index in [0.29, 0.717) is 0 Å². The molecule has 0 fully saturated rings. The maximum Gasteiger partial charge on any atom is 0.0482 e. The summed E-state index contributed by atoms with van der Waals surface area (Å²) in [6.07, 6.45) is 10.2. The van der Waals surface area contributed by atoms with Crippen LogP contribution in [0.3, 0.4) is 0 Å². The first-order valence-electron chi connectivity index (χ1n) is 4.73. The van der Waals surface area contributed by atoms with Gasteiger partial charge in [-0.25, -0.2) is 0 Å². The van der Waals surface area contributed by atoms with E-state index < -0.39 is 0 Å². The molecular weight excluding hydrogens is 170 g/mol. The van der Waals surface area contributed by atoms with Crippen LogP contribution >= 0.6 is 0 Å². The number of anilines is 1. The average molecular weight is 183 g/mol. The van der Waals surface area contributed by atoms with Crippen LogP contribution in [0, 0.1) is 0 Å². The van der Waals surface area contributed by atoms with Gasteiger partial charge < -0.3 is 4.90 Å². The van der Waals surface area contributed by atoms with E-state index in [1.165, 1.54) is 11.3 Å². The van der Waals surface area contributed by atoms with Gasteiger partial charge in [0.25, 0.3) is 0 Å². The lowest BCUT2D eigenvalue weighted by molar-refractivity contribution is 1.09. The van der Waals surface area contributed by atoms with Crippen molar-refractivity contribution in [2.75, 3.05) is 11.4 Å². The zero-order chi connectivity index (χ0) is 9.80. The van der Waals surface area contributed by atoms with E-state index in [1.54, 1.807) is 0 Å². The summed E-state index contributed by atoms with van der Waals surface area (Å²) in [6, 6.07) is 8.36. The lowest BCUT2D eigenvalue weighted by atomic mass is 10.1. The molecule has 14 heavy (non-hydrogen) atoms. The summed E-state index contributed by atoms with van der Waals surface area (Å²) in [7, 11) is 0. The van der Waals surface area contributed by atoms with Crippen molar-refractivity contribution in [2.45, 2.75) is 0 Å². The Morgan fingerprint density at radius 3 is 2.93 bits per heavy atom. The Bertz CT molecular complexity index is 388. The third kappa shape index (κ3) is 1.62. The number of hydrogen-bond acceptors (Lipinski definition) is 1. The molecule has 70 valence electrons. The summed E-state index contributed by atoms with van der Waals surface area (Å²) in [6.45, 7) is 4.60. The van der Waals surface area contributed by atoms with Crippen LogP contribution in [0.1, 0.15) is 5.56 Å². The first-order valence-corrected chi connectivity index (χ1v) is 4.73. The molecule has 0 saturated heterocycles. The van der Waals surface area contributed by atoms with Crippen LogP contribution in [-0.4, -0.2) is 6.54 Å². The fourth-order valence-electron chi connectivity index (χ4n) is 1.58. The molecule has 2 rings (SSSR count). The van der Waals surface area contributed by atoms with Crippen LogP contribution in [0.25, 0.3) is 6.08 Å². The van der Waals surface area contributed by atoms with E-state index in [2.05, 4.69) is 54.1 Å². The topological polar surface area (TPSA) is 3.24 Å². The predicted octanol–water partition coefficient (Wildman–Crippen LogP) is 3.22. The van der Waals surface area contributed by atoms with Crippen molar-refractivity contribution in [1.29, 1.82) is 0 Å². The van der Waals surface area contributed by atoms with Gasteiger partial charge in [0.2, 0.25) is 0 Å².